The van der Waals surface area contributed by atoms with Crippen molar-refractivity contribution in [3.05, 3.63) is 98.7 Å². The van der Waals surface area contributed by atoms with Crippen LogP contribution in [0.2, 0.25) is 5.02 Å². The molecule has 3 amide bonds. The summed E-state index contributed by atoms with van der Waals surface area (Å²) in [6.07, 6.45) is 1.60. The normalized spacial score (nSPS) is 14.4. The van der Waals surface area contributed by atoms with Crippen molar-refractivity contribution in [3.8, 4) is 5.75 Å². The third-order valence-electron chi connectivity index (χ3n) is 5.56. The van der Waals surface area contributed by atoms with Crippen molar-refractivity contribution >= 4 is 52.2 Å². The Hall–Kier alpha value is -3.62. The second-order valence-corrected chi connectivity index (χ2v) is 9.61. The molecule has 0 radical (unpaired) electrons. The number of anilines is 1. The van der Waals surface area contributed by atoms with Gasteiger partial charge in [0.15, 0.2) is 6.61 Å². The maximum Gasteiger partial charge on any atom is 0.293 e. The first kappa shape index (κ1) is 25.5. The fourth-order valence-corrected chi connectivity index (χ4v) is 4.50. The molecule has 184 valence electrons. The molecule has 0 bridgehead atoms. The highest BCUT2D eigenvalue weighted by molar-refractivity contribution is 8.18. The lowest BCUT2D eigenvalue weighted by Crippen LogP contribution is -2.27. The minimum Gasteiger partial charge on any atom is -0.484 e. The fourth-order valence-electron chi connectivity index (χ4n) is 3.43. The van der Waals surface area contributed by atoms with Gasteiger partial charge in [-0.05, 0) is 90.3 Å². The van der Waals surface area contributed by atoms with Gasteiger partial charge in [-0.15, -0.1) is 0 Å². The summed E-state index contributed by atoms with van der Waals surface area (Å²) in [6, 6.07) is 16.3. The molecule has 6 nitrogen and oxygen atoms in total. The maximum atomic E-state index is 13.3. The van der Waals surface area contributed by atoms with E-state index in [1.54, 1.807) is 30.3 Å². The molecule has 9 heteroatoms. The number of hydrogen-bond acceptors (Lipinski definition) is 5. The molecule has 1 heterocycles. The van der Waals surface area contributed by atoms with Gasteiger partial charge < -0.3 is 10.1 Å². The van der Waals surface area contributed by atoms with Crippen LogP contribution in [0.15, 0.2) is 65.6 Å². The molecule has 0 aliphatic carbocycles. The number of carbonyl (C=O) groups is 3. The Labute approximate surface area is 217 Å². The summed E-state index contributed by atoms with van der Waals surface area (Å²) in [6.45, 7) is 3.78. The first-order valence-corrected chi connectivity index (χ1v) is 12.2. The quantitative estimate of drug-likeness (QED) is 0.364. The van der Waals surface area contributed by atoms with E-state index < -0.39 is 17.0 Å². The van der Waals surface area contributed by atoms with E-state index in [4.69, 9.17) is 16.3 Å². The Morgan fingerprint density at radius 3 is 2.50 bits per heavy atom. The van der Waals surface area contributed by atoms with Crippen LogP contribution < -0.4 is 10.1 Å². The van der Waals surface area contributed by atoms with Crippen LogP contribution in [0, 0.1) is 19.7 Å². The Morgan fingerprint density at radius 2 is 1.81 bits per heavy atom. The average Bonchev–Trinajstić information content (AvgIpc) is 3.10. The van der Waals surface area contributed by atoms with Crippen LogP contribution in [-0.4, -0.2) is 28.6 Å². The zero-order chi connectivity index (χ0) is 25.8. The molecule has 0 unspecified atom stereocenters. The molecule has 1 aliphatic rings. The van der Waals surface area contributed by atoms with Crippen LogP contribution in [0.25, 0.3) is 6.08 Å². The second kappa shape index (κ2) is 11.0. The Balaban J connectivity index is 1.34. The number of ether oxygens (including phenoxy) is 1. The summed E-state index contributed by atoms with van der Waals surface area (Å²) in [5.41, 5.74) is 4.10. The molecule has 4 rings (SSSR count). The SMILES string of the molecule is Cc1ccc(NC(=O)COc2ccc(/C=C3\SC(=O)N(Cc4ccc(F)cc4Cl)C3=O)cc2)cc1C. The van der Waals surface area contributed by atoms with Crippen molar-refractivity contribution in [1.29, 1.82) is 0 Å². The van der Waals surface area contributed by atoms with E-state index in [0.29, 0.717) is 22.6 Å². The number of thioether (sulfide) groups is 1. The van der Waals surface area contributed by atoms with E-state index >= 15 is 0 Å². The standard InChI is InChI=1S/C27H22ClFN2O4S/c1-16-3-8-21(11-17(16)2)30-25(32)15-35-22-9-4-18(5-10-22)12-24-26(33)31(27(34)36-24)14-19-6-7-20(29)13-23(19)28/h3-13H,14-15H2,1-2H3,(H,30,32)/b24-12-. The lowest BCUT2D eigenvalue weighted by Gasteiger charge is -2.13. The first-order valence-electron chi connectivity index (χ1n) is 11.0. The molecule has 1 saturated heterocycles. The van der Waals surface area contributed by atoms with Gasteiger partial charge in [0.1, 0.15) is 11.6 Å². The van der Waals surface area contributed by atoms with E-state index in [1.165, 1.54) is 12.1 Å². The number of amides is 3. The van der Waals surface area contributed by atoms with E-state index in [-0.39, 0.29) is 29.0 Å². The summed E-state index contributed by atoms with van der Waals surface area (Å²) in [4.78, 5) is 38.7. The van der Waals surface area contributed by atoms with E-state index in [9.17, 15) is 18.8 Å². The van der Waals surface area contributed by atoms with Crippen molar-refractivity contribution in [3.63, 3.8) is 0 Å². The van der Waals surface area contributed by atoms with E-state index in [1.807, 2.05) is 32.0 Å². The van der Waals surface area contributed by atoms with Crippen molar-refractivity contribution in [2.24, 2.45) is 0 Å². The van der Waals surface area contributed by atoms with E-state index in [2.05, 4.69) is 5.32 Å². The summed E-state index contributed by atoms with van der Waals surface area (Å²) in [5, 5.41) is 2.52. The van der Waals surface area contributed by atoms with Gasteiger partial charge >= 0.3 is 0 Å². The minimum absolute atomic E-state index is 0.0435. The lowest BCUT2D eigenvalue weighted by molar-refractivity contribution is -0.123. The molecular formula is C27H22ClFN2O4S. The molecule has 1 fully saturated rings. The Morgan fingerprint density at radius 1 is 1.06 bits per heavy atom. The monoisotopic (exact) mass is 524 g/mol. The third-order valence-corrected chi connectivity index (χ3v) is 6.81. The maximum absolute atomic E-state index is 13.3. The van der Waals surface area contributed by atoms with Crippen molar-refractivity contribution in [2.75, 3.05) is 11.9 Å². The molecule has 1 aliphatic heterocycles. The lowest BCUT2D eigenvalue weighted by atomic mass is 10.1. The van der Waals surface area contributed by atoms with Crippen LogP contribution in [0.4, 0.5) is 14.9 Å². The molecule has 3 aromatic rings. The largest absolute Gasteiger partial charge is 0.484 e. The molecule has 1 N–H and O–H groups in total. The smallest absolute Gasteiger partial charge is 0.293 e. The van der Waals surface area contributed by atoms with Gasteiger partial charge in [0.05, 0.1) is 11.4 Å². The number of carbonyl (C=O) groups excluding carboxylic acids is 3. The zero-order valence-electron chi connectivity index (χ0n) is 19.5. The summed E-state index contributed by atoms with van der Waals surface area (Å²) < 4.78 is 18.8. The molecule has 0 saturated carbocycles. The predicted octanol–water partition coefficient (Wildman–Crippen LogP) is 6.35. The Bertz CT molecular complexity index is 1370. The van der Waals surface area contributed by atoms with Gasteiger partial charge in [-0.1, -0.05) is 35.9 Å². The van der Waals surface area contributed by atoms with Crippen LogP contribution in [0.5, 0.6) is 5.75 Å². The third kappa shape index (κ3) is 6.13. The van der Waals surface area contributed by atoms with Gasteiger partial charge in [-0.25, -0.2) is 4.39 Å². The number of aryl methyl sites for hydroxylation is 2. The van der Waals surface area contributed by atoms with Crippen molar-refractivity contribution in [1.82, 2.24) is 4.90 Å². The summed E-state index contributed by atoms with van der Waals surface area (Å²) >= 11 is 6.86. The predicted molar refractivity (Wildman–Crippen MR) is 139 cm³/mol. The minimum atomic E-state index is -0.493. The molecular weight excluding hydrogens is 503 g/mol. The van der Waals surface area contributed by atoms with Crippen molar-refractivity contribution < 1.29 is 23.5 Å². The molecule has 0 spiro atoms. The molecule has 36 heavy (non-hydrogen) atoms. The number of halogens is 2. The highest BCUT2D eigenvalue weighted by Crippen LogP contribution is 2.34. The van der Waals surface area contributed by atoms with Gasteiger partial charge in [-0.2, -0.15) is 0 Å². The number of benzene rings is 3. The number of hydrogen-bond donors (Lipinski definition) is 1. The number of nitrogens with zero attached hydrogens (tertiary/aromatic N) is 1. The zero-order valence-corrected chi connectivity index (χ0v) is 21.1. The van der Waals surface area contributed by atoms with Gasteiger partial charge in [0.25, 0.3) is 17.1 Å². The molecule has 0 atom stereocenters. The number of imide groups is 1. The van der Waals surface area contributed by atoms with Gasteiger partial charge in [0.2, 0.25) is 0 Å². The van der Waals surface area contributed by atoms with Gasteiger partial charge in [-0.3, -0.25) is 19.3 Å². The number of nitrogens with one attached hydrogen (secondary N) is 1. The van der Waals surface area contributed by atoms with Crippen LogP contribution in [0.1, 0.15) is 22.3 Å². The summed E-state index contributed by atoms with van der Waals surface area (Å²) in [7, 11) is 0. The molecule has 3 aromatic carbocycles. The Kier molecular flexibility index (Phi) is 7.76. The highest BCUT2D eigenvalue weighted by Gasteiger charge is 2.35. The first-order chi connectivity index (χ1) is 17.2. The van der Waals surface area contributed by atoms with Crippen molar-refractivity contribution in [2.45, 2.75) is 20.4 Å². The summed E-state index contributed by atoms with van der Waals surface area (Å²) in [5.74, 6) is -0.736. The van der Waals surface area contributed by atoms with Gasteiger partial charge in [0, 0.05) is 10.7 Å². The van der Waals surface area contributed by atoms with E-state index in [0.717, 1.165) is 33.9 Å². The molecule has 0 aromatic heterocycles. The van der Waals surface area contributed by atoms with Crippen LogP contribution in [0.3, 0.4) is 0 Å². The second-order valence-electron chi connectivity index (χ2n) is 8.21. The topological polar surface area (TPSA) is 75.7 Å². The van der Waals surface area contributed by atoms with Crippen LogP contribution >= 0.6 is 23.4 Å². The highest BCUT2D eigenvalue weighted by atomic mass is 35.5. The number of rotatable bonds is 7. The fraction of sp³-hybridized carbons (Fsp3) is 0.148. The average molecular weight is 525 g/mol. The van der Waals surface area contributed by atoms with Crippen LogP contribution in [-0.2, 0) is 16.1 Å².